The largest absolute Gasteiger partial charge is 0.494 e. The lowest BCUT2D eigenvalue weighted by molar-refractivity contribution is -0.120. The standard InChI is InChI=1S/C22H29N3O2/c1-2-27-21-7-5-18(6-8-21)14-22(26)24-16-19-9-12-25(13-10-19)17-20-4-3-11-23-15-20/h3-8,11,15,19H,2,9-10,12-14,16-17H2,1H3,(H,24,26). The van der Waals surface area contributed by atoms with Crippen molar-refractivity contribution < 1.29 is 9.53 Å². The average Bonchev–Trinajstić information content (AvgIpc) is 2.70. The van der Waals surface area contributed by atoms with Crippen LogP contribution < -0.4 is 10.1 Å². The molecule has 0 saturated carbocycles. The topological polar surface area (TPSA) is 54.5 Å². The molecule has 0 spiro atoms. The highest BCUT2D eigenvalue weighted by Gasteiger charge is 2.19. The van der Waals surface area contributed by atoms with E-state index in [1.165, 1.54) is 5.56 Å². The number of ether oxygens (including phenoxy) is 1. The zero-order valence-corrected chi connectivity index (χ0v) is 16.1. The molecular weight excluding hydrogens is 338 g/mol. The first-order valence-corrected chi connectivity index (χ1v) is 9.82. The number of likely N-dealkylation sites (tertiary alicyclic amines) is 1. The predicted octanol–water partition coefficient (Wildman–Crippen LogP) is 3.05. The van der Waals surface area contributed by atoms with E-state index in [1.54, 1.807) is 0 Å². The van der Waals surface area contributed by atoms with Crippen molar-refractivity contribution in [2.45, 2.75) is 32.7 Å². The monoisotopic (exact) mass is 367 g/mol. The van der Waals surface area contributed by atoms with Gasteiger partial charge in [0.2, 0.25) is 5.91 Å². The number of pyridine rings is 1. The fourth-order valence-electron chi connectivity index (χ4n) is 3.47. The molecule has 1 saturated heterocycles. The van der Waals surface area contributed by atoms with E-state index in [4.69, 9.17) is 4.74 Å². The number of piperidine rings is 1. The van der Waals surface area contributed by atoms with Gasteiger partial charge in [-0.15, -0.1) is 0 Å². The Morgan fingerprint density at radius 1 is 1.19 bits per heavy atom. The molecule has 1 N–H and O–H groups in total. The summed E-state index contributed by atoms with van der Waals surface area (Å²) >= 11 is 0. The van der Waals surface area contributed by atoms with Gasteiger partial charge in [-0.1, -0.05) is 18.2 Å². The summed E-state index contributed by atoms with van der Waals surface area (Å²) in [6, 6.07) is 11.9. The fourth-order valence-corrected chi connectivity index (χ4v) is 3.47. The molecular formula is C22H29N3O2. The molecule has 5 heteroatoms. The van der Waals surface area contributed by atoms with E-state index in [-0.39, 0.29) is 5.91 Å². The summed E-state index contributed by atoms with van der Waals surface area (Å²) < 4.78 is 5.43. The average molecular weight is 367 g/mol. The Hall–Kier alpha value is -2.40. The van der Waals surface area contributed by atoms with Gasteiger partial charge in [-0.3, -0.25) is 14.7 Å². The summed E-state index contributed by atoms with van der Waals surface area (Å²) in [6.45, 7) is 6.51. The smallest absolute Gasteiger partial charge is 0.224 e. The van der Waals surface area contributed by atoms with E-state index in [9.17, 15) is 4.79 Å². The van der Waals surface area contributed by atoms with Crippen LogP contribution in [0.3, 0.4) is 0 Å². The van der Waals surface area contributed by atoms with Gasteiger partial charge in [-0.25, -0.2) is 0 Å². The lowest BCUT2D eigenvalue weighted by atomic mass is 9.96. The summed E-state index contributed by atoms with van der Waals surface area (Å²) in [5, 5.41) is 3.11. The van der Waals surface area contributed by atoms with E-state index in [0.717, 1.165) is 50.3 Å². The Bertz CT molecular complexity index is 695. The summed E-state index contributed by atoms with van der Waals surface area (Å²) in [5.74, 6) is 1.51. The number of nitrogens with zero attached hydrogens (tertiary/aromatic N) is 2. The molecule has 0 bridgehead atoms. The van der Waals surface area contributed by atoms with Gasteiger partial charge < -0.3 is 10.1 Å². The Kier molecular flexibility index (Phi) is 7.22. The normalized spacial score (nSPS) is 15.4. The maximum absolute atomic E-state index is 12.2. The number of benzene rings is 1. The van der Waals surface area contributed by atoms with Gasteiger partial charge in [0.1, 0.15) is 5.75 Å². The van der Waals surface area contributed by atoms with Gasteiger partial charge in [0.05, 0.1) is 13.0 Å². The van der Waals surface area contributed by atoms with E-state index in [1.807, 2.05) is 49.6 Å². The predicted molar refractivity (Wildman–Crippen MR) is 107 cm³/mol. The van der Waals surface area contributed by atoms with Gasteiger partial charge in [0, 0.05) is 25.5 Å². The molecule has 0 radical (unpaired) electrons. The lowest BCUT2D eigenvalue weighted by Gasteiger charge is -2.32. The van der Waals surface area contributed by atoms with E-state index >= 15 is 0 Å². The van der Waals surface area contributed by atoms with Crippen molar-refractivity contribution in [2.24, 2.45) is 5.92 Å². The fraction of sp³-hybridized carbons (Fsp3) is 0.455. The van der Waals surface area contributed by atoms with Crippen LogP contribution >= 0.6 is 0 Å². The first kappa shape index (κ1) is 19.4. The molecule has 1 aliphatic rings. The number of hydrogen-bond acceptors (Lipinski definition) is 4. The number of carbonyl (C=O) groups is 1. The molecule has 1 fully saturated rings. The molecule has 1 amide bonds. The third-order valence-electron chi connectivity index (χ3n) is 5.02. The minimum absolute atomic E-state index is 0.0944. The molecule has 1 aromatic heterocycles. The minimum Gasteiger partial charge on any atom is -0.494 e. The molecule has 27 heavy (non-hydrogen) atoms. The Morgan fingerprint density at radius 3 is 2.63 bits per heavy atom. The number of aromatic nitrogens is 1. The lowest BCUT2D eigenvalue weighted by Crippen LogP contribution is -2.38. The Morgan fingerprint density at radius 2 is 1.96 bits per heavy atom. The van der Waals surface area contributed by atoms with E-state index in [0.29, 0.717) is 18.9 Å². The van der Waals surface area contributed by atoms with Crippen molar-refractivity contribution >= 4 is 5.91 Å². The molecule has 0 unspecified atom stereocenters. The zero-order chi connectivity index (χ0) is 18.9. The summed E-state index contributed by atoms with van der Waals surface area (Å²) in [4.78, 5) is 18.9. The van der Waals surface area contributed by atoms with Crippen LogP contribution in [0.2, 0.25) is 0 Å². The molecule has 1 aliphatic heterocycles. The summed E-state index contributed by atoms with van der Waals surface area (Å²) in [6.07, 6.45) is 6.43. The summed E-state index contributed by atoms with van der Waals surface area (Å²) in [7, 11) is 0. The zero-order valence-electron chi connectivity index (χ0n) is 16.1. The van der Waals surface area contributed by atoms with Crippen molar-refractivity contribution in [1.29, 1.82) is 0 Å². The minimum atomic E-state index is 0.0944. The van der Waals surface area contributed by atoms with Crippen LogP contribution in [0.1, 0.15) is 30.9 Å². The van der Waals surface area contributed by atoms with Gasteiger partial charge in [-0.2, -0.15) is 0 Å². The molecule has 2 heterocycles. The van der Waals surface area contributed by atoms with Crippen molar-refractivity contribution in [3.63, 3.8) is 0 Å². The second kappa shape index (κ2) is 10.1. The van der Waals surface area contributed by atoms with Crippen molar-refractivity contribution in [1.82, 2.24) is 15.2 Å². The highest BCUT2D eigenvalue weighted by Crippen LogP contribution is 2.18. The van der Waals surface area contributed by atoms with Crippen LogP contribution in [0.25, 0.3) is 0 Å². The van der Waals surface area contributed by atoms with Gasteiger partial charge >= 0.3 is 0 Å². The third kappa shape index (κ3) is 6.36. The summed E-state index contributed by atoms with van der Waals surface area (Å²) in [5.41, 5.74) is 2.28. The quantitative estimate of drug-likeness (QED) is 0.779. The molecule has 3 rings (SSSR count). The second-order valence-electron chi connectivity index (χ2n) is 7.14. The number of rotatable bonds is 8. The van der Waals surface area contributed by atoms with E-state index in [2.05, 4.69) is 21.3 Å². The van der Waals surface area contributed by atoms with Crippen LogP contribution in [0.15, 0.2) is 48.8 Å². The Labute approximate surface area is 161 Å². The van der Waals surface area contributed by atoms with Crippen molar-refractivity contribution in [3.8, 4) is 5.75 Å². The number of hydrogen-bond donors (Lipinski definition) is 1. The van der Waals surface area contributed by atoms with Crippen LogP contribution in [0.4, 0.5) is 0 Å². The molecule has 5 nitrogen and oxygen atoms in total. The first-order valence-electron chi connectivity index (χ1n) is 9.82. The number of carbonyl (C=O) groups excluding carboxylic acids is 1. The maximum atomic E-state index is 12.2. The van der Waals surface area contributed by atoms with E-state index < -0.39 is 0 Å². The van der Waals surface area contributed by atoms with Gasteiger partial charge in [-0.05, 0) is 68.1 Å². The molecule has 0 aliphatic carbocycles. The second-order valence-corrected chi connectivity index (χ2v) is 7.14. The molecule has 1 aromatic carbocycles. The highest BCUT2D eigenvalue weighted by atomic mass is 16.5. The van der Waals surface area contributed by atoms with Crippen LogP contribution in [0.5, 0.6) is 5.75 Å². The first-order chi connectivity index (χ1) is 13.2. The third-order valence-corrected chi connectivity index (χ3v) is 5.02. The number of amides is 1. The van der Waals surface area contributed by atoms with Gasteiger partial charge in [0.15, 0.2) is 0 Å². The maximum Gasteiger partial charge on any atom is 0.224 e. The molecule has 2 aromatic rings. The van der Waals surface area contributed by atoms with Crippen molar-refractivity contribution in [2.75, 3.05) is 26.2 Å². The SMILES string of the molecule is CCOc1ccc(CC(=O)NCC2CCN(Cc3cccnc3)CC2)cc1. The molecule has 0 atom stereocenters. The Balaban J connectivity index is 1.35. The van der Waals surface area contributed by atoms with Crippen molar-refractivity contribution in [3.05, 3.63) is 59.9 Å². The van der Waals surface area contributed by atoms with Crippen LogP contribution in [0, 0.1) is 5.92 Å². The van der Waals surface area contributed by atoms with Gasteiger partial charge in [0.25, 0.3) is 0 Å². The highest BCUT2D eigenvalue weighted by molar-refractivity contribution is 5.78. The van der Waals surface area contributed by atoms with Crippen LogP contribution in [-0.4, -0.2) is 42.0 Å². The van der Waals surface area contributed by atoms with Crippen LogP contribution in [-0.2, 0) is 17.8 Å². The number of nitrogens with one attached hydrogen (secondary N) is 1. The molecule has 144 valence electrons.